The first kappa shape index (κ1) is 13.5. The summed E-state index contributed by atoms with van der Waals surface area (Å²) in [4.78, 5) is 22.0. The number of hydrogen-bond acceptors (Lipinski definition) is 4. The van der Waals surface area contributed by atoms with Crippen molar-refractivity contribution in [2.45, 2.75) is 13.8 Å². The molecule has 92 valence electrons. The van der Waals surface area contributed by atoms with Gasteiger partial charge in [0.25, 0.3) is 5.91 Å². The van der Waals surface area contributed by atoms with Crippen LogP contribution in [-0.2, 0) is 0 Å². The van der Waals surface area contributed by atoms with Gasteiger partial charge in [-0.25, -0.2) is 4.98 Å². The third-order valence-electron chi connectivity index (χ3n) is 2.43. The van der Waals surface area contributed by atoms with Gasteiger partial charge in [-0.05, 0) is 6.92 Å². The maximum Gasteiger partial charge on any atom is 0.274 e. The minimum Gasteiger partial charge on any atom is -0.393 e. The molecule has 0 radical (unpaired) electrons. The Balaban J connectivity index is 2.75. The molecule has 1 heterocycles. The molecule has 1 aromatic rings. The molecule has 1 amide bonds. The molecule has 0 saturated carbocycles. The molecule has 1 atom stereocenters. The van der Waals surface area contributed by atoms with Gasteiger partial charge in [0.2, 0.25) is 0 Å². The average molecular weight is 252 g/mol. The summed E-state index contributed by atoms with van der Waals surface area (Å²) in [5.74, 6) is -0.158. The monoisotopic (exact) mass is 252 g/mol. The predicted molar refractivity (Wildman–Crippen MR) is 69.6 cm³/mol. The topological polar surface area (TPSA) is 72.1 Å². The SMILES string of the molecule is CCN(CC(C)C(N)=S)C(=O)c1cnccn1. The van der Waals surface area contributed by atoms with E-state index in [1.807, 2.05) is 13.8 Å². The number of aromatic nitrogens is 2. The van der Waals surface area contributed by atoms with Crippen LogP contribution in [0.25, 0.3) is 0 Å². The summed E-state index contributed by atoms with van der Waals surface area (Å²) in [6, 6.07) is 0. The molecule has 5 nitrogen and oxygen atoms in total. The van der Waals surface area contributed by atoms with E-state index in [1.165, 1.54) is 18.6 Å². The largest absolute Gasteiger partial charge is 0.393 e. The maximum absolute atomic E-state index is 12.1. The van der Waals surface area contributed by atoms with E-state index in [4.69, 9.17) is 18.0 Å². The molecule has 0 fully saturated rings. The van der Waals surface area contributed by atoms with E-state index in [2.05, 4.69) is 9.97 Å². The van der Waals surface area contributed by atoms with Crippen LogP contribution in [0.2, 0.25) is 0 Å². The van der Waals surface area contributed by atoms with E-state index in [9.17, 15) is 4.79 Å². The van der Waals surface area contributed by atoms with Crippen molar-refractivity contribution < 1.29 is 4.79 Å². The molecule has 0 aliphatic rings. The van der Waals surface area contributed by atoms with Crippen LogP contribution in [-0.4, -0.2) is 38.9 Å². The van der Waals surface area contributed by atoms with Gasteiger partial charge in [-0.2, -0.15) is 0 Å². The zero-order valence-electron chi connectivity index (χ0n) is 9.96. The quantitative estimate of drug-likeness (QED) is 0.787. The number of amides is 1. The lowest BCUT2D eigenvalue weighted by Gasteiger charge is -2.23. The fraction of sp³-hybridized carbons (Fsp3) is 0.455. The van der Waals surface area contributed by atoms with Crippen molar-refractivity contribution in [3.63, 3.8) is 0 Å². The summed E-state index contributed by atoms with van der Waals surface area (Å²) in [5.41, 5.74) is 5.88. The Kier molecular flexibility index (Phi) is 4.96. The van der Waals surface area contributed by atoms with Crippen LogP contribution in [0.3, 0.4) is 0 Å². The maximum atomic E-state index is 12.1. The van der Waals surface area contributed by atoms with Gasteiger partial charge in [-0.3, -0.25) is 9.78 Å². The van der Waals surface area contributed by atoms with Crippen molar-refractivity contribution in [2.75, 3.05) is 13.1 Å². The number of hydrogen-bond donors (Lipinski definition) is 1. The normalized spacial score (nSPS) is 11.9. The molecule has 6 heteroatoms. The van der Waals surface area contributed by atoms with E-state index in [0.29, 0.717) is 23.8 Å². The first-order valence-corrected chi connectivity index (χ1v) is 5.81. The summed E-state index contributed by atoms with van der Waals surface area (Å²) in [5, 5.41) is 0. The first-order valence-electron chi connectivity index (χ1n) is 5.40. The fourth-order valence-electron chi connectivity index (χ4n) is 1.35. The second-order valence-electron chi connectivity index (χ2n) is 3.74. The number of nitrogens with zero attached hydrogens (tertiary/aromatic N) is 3. The lowest BCUT2D eigenvalue weighted by molar-refractivity contribution is 0.0748. The van der Waals surface area contributed by atoms with Gasteiger partial charge < -0.3 is 10.6 Å². The van der Waals surface area contributed by atoms with Crippen molar-refractivity contribution in [1.82, 2.24) is 14.9 Å². The highest BCUT2D eigenvalue weighted by Gasteiger charge is 2.18. The molecule has 0 saturated heterocycles. The number of nitrogens with two attached hydrogens (primary N) is 1. The number of carbonyl (C=O) groups excluding carboxylic acids is 1. The number of rotatable bonds is 5. The Hall–Kier alpha value is -1.56. The highest BCUT2D eigenvalue weighted by atomic mass is 32.1. The summed E-state index contributed by atoms with van der Waals surface area (Å²) >= 11 is 4.90. The van der Waals surface area contributed by atoms with Crippen LogP contribution in [0.15, 0.2) is 18.6 Å². The summed E-state index contributed by atoms with van der Waals surface area (Å²) in [7, 11) is 0. The van der Waals surface area contributed by atoms with Crippen molar-refractivity contribution in [3.05, 3.63) is 24.3 Å². The van der Waals surface area contributed by atoms with Gasteiger partial charge in [-0.15, -0.1) is 0 Å². The molecule has 0 bridgehead atoms. The van der Waals surface area contributed by atoms with Crippen LogP contribution in [0, 0.1) is 5.92 Å². The Bertz CT molecular complexity index is 396. The Labute approximate surface area is 106 Å². The molecule has 1 aromatic heterocycles. The van der Waals surface area contributed by atoms with E-state index in [1.54, 1.807) is 4.90 Å². The van der Waals surface area contributed by atoms with Gasteiger partial charge in [0, 0.05) is 31.4 Å². The van der Waals surface area contributed by atoms with Crippen LogP contribution < -0.4 is 5.73 Å². The average Bonchev–Trinajstić information content (AvgIpc) is 2.35. The molecule has 17 heavy (non-hydrogen) atoms. The molecular formula is C11H16N4OS. The van der Waals surface area contributed by atoms with Gasteiger partial charge in [0.1, 0.15) is 5.69 Å². The standard InChI is InChI=1S/C11H16N4OS/c1-3-15(7-8(2)10(12)17)11(16)9-6-13-4-5-14-9/h4-6,8H,3,7H2,1-2H3,(H2,12,17). The third-order valence-corrected chi connectivity index (χ3v) is 2.83. The lowest BCUT2D eigenvalue weighted by atomic mass is 10.1. The van der Waals surface area contributed by atoms with Crippen LogP contribution >= 0.6 is 12.2 Å². The predicted octanol–water partition coefficient (Wildman–Crippen LogP) is 0.861. The van der Waals surface area contributed by atoms with Crippen LogP contribution in [0.1, 0.15) is 24.3 Å². The zero-order chi connectivity index (χ0) is 12.8. The summed E-state index contributed by atoms with van der Waals surface area (Å²) in [6.07, 6.45) is 4.49. The number of thiocarbonyl (C=S) groups is 1. The molecule has 1 unspecified atom stereocenters. The number of carbonyl (C=O) groups is 1. The van der Waals surface area contributed by atoms with Gasteiger partial charge in [0.15, 0.2) is 0 Å². The molecule has 2 N–H and O–H groups in total. The van der Waals surface area contributed by atoms with E-state index in [-0.39, 0.29) is 11.8 Å². The van der Waals surface area contributed by atoms with Crippen LogP contribution in [0.5, 0.6) is 0 Å². The van der Waals surface area contributed by atoms with Gasteiger partial charge in [-0.1, -0.05) is 19.1 Å². The van der Waals surface area contributed by atoms with Crippen molar-refractivity contribution in [1.29, 1.82) is 0 Å². The molecule has 0 aromatic carbocycles. The smallest absolute Gasteiger partial charge is 0.274 e. The van der Waals surface area contributed by atoms with Crippen molar-refractivity contribution in [2.24, 2.45) is 11.7 Å². The Morgan fingerprint density at radius 2 is 2.29 bits per heavy atom. The molecule has 0 spiro atoms. The highest BCUT2D eigenvalue weighted by molar-refractivity contribution is 7.80. The Morgan fingerprint density at radius 1 is 1.59 bits per heavy atom. The van der Waals surface area contributed by atoms with Crippen molar-refractivity contribution >= 4 is 23.1 Å². The minimum absolute atomic E-state index is 0.00873. The third kappa shape index (κ3) is 3.74. The molecule has 1 rings (SSSR count). The molecule has 0 aliphatic heterocycles. The van der Waals surface area contributed by atoms with E-state index < -0.39 is 0 Å². The second kappa shape index (κ2) is 6.24. The lowest BCUT2D eigenvalue weighted by Crippen LogP contribution is -2.38. The molecular weight excluding hydrogens is 236 g/mol. The van der Waals surface area contributed by atoms with Crippen LogP contribution in [0.4, 0.5) is 0 Å². The van der Waals surface area contributed by atoms with E-state index in [0.717, 1.165) is 0 Å². The highest BCUT2D eigenvalue weighted by Crippen LogP contribution is 2.05. The summed E-state index contributed by atoms with van der Waals surface area (Å²) < 4.78 is 0. The van der Waals surface area contributed by atoms with Crippen molar-refractivity contribution in [3.8, 4) is 0 Å². The fourth-order valence-corrected chi connectivity index (χ4v) is 1.42. The summed E-state index contributed by atoms with van der Waals surface area (Å²) in [6.45, 7) is 4.89. The van der Waals surface area contributed by atoms with Gasteiger partial charge in [0.05, 0.1) is 11.2 Å². The zero-order valence-corrected chi connectivity index (χ0v) is 10.8. The van der Waals surface area contributed by atoms with Gasteiger partial charge >= 0.3 is 0 Å². The second-order valence-corrected chi connectivity index (χ2v) is 4.21. The molecule has 0 aliphatic carbocycles. The minimum atomic E-state index is -0.149. The Morgan fingerprint density at radius 3 is 2.76 bits per heavy atom. The first-order chi connectivity index (χ1) is 8.06. The van der Waals surface area contributed by atoms with E-state index >= 15 is 0 Å².